The maximum atomic E-state index is 12.3. The van der Waals surface area contributed by atoms with Crippen LogP contribution in [0.1, 0.15) is 50.0 Å². The first kappa shape index (κ1) is 19.2. The maximum Gasteiger partial charge on any atom is 0.410 e. The van der Waals surface area contributed by atoms with Gasteiger partial charge in [0.05, 0.1) is 5.56 Å². The van der Waals surface area contributed by atoms with E-state index in [-0.39, 0.29) is 12.1 Å². The van der Waals surface area contributed by atoms with Crippen LogP contribution in [0.3, 0.4) is 0 Å². The summed E-state index contributed by atoms with van der Waals surface area (Å²) in [4.78, 5) is 27.3. The number of hydrogen-bond donors (Lipinski definition) is 1. The molecule has 1 atom stereocenters. The summed E-state index contributed by atoms with van der Waals surface area (Å²) in [5, 5.41) is 8.98. The summed E-state index contributed by atoms with van der Waals surface area (Å²) < 4.78 is 5.47. The molecule has 0 radical (unpaired) electrons. The molecule has 25 heavy (non-hydrogen) atoms. The Hall–Kier alpha value is -2.08. The fourth-order valence-corrected chi connectivity index (χ4v) is 2.97. The quantitative estimate of drug-likeness (QED) is 0.905. The van der Waals surface area contributed by atoms with Gasteiger partial charge in [-0.2, -0.15) is 0 Å². The van der Waals surface area contributed by atoms with Crippen LogP contribution >= 0.6 is 0 Å². The van der Waals surface area contributed by atoms with E-state index in [4.69, 9.17) is 9.84 Å². The molecular formula is C19H28N2O4. The van der Waals surface area contributed by atoms with Crippen LogP contribution in [0.4, 0.5) is 4.79 Å². The number of rotatable bonds is 4. The highest BCUT2D eigenvalue weighted by Gasteiger charge is 2.31. The van der Waals surface area contributed by atoms with Gasteiger partial charge in [0.1, 0.15) is 5.60 Å². The lowest BCUT2D eigenvalue weighted by Gasteiger charge is -2.41. The van der Waals surface area contributed by atoms with Crippen LogP contribution in [-0.4, -0.2) is 58.2 Å². The van der Waals surface area contributed by atoms with Gasteiger partial charge in [-0.1, -0.05) is 19.1 Å². The number of ether oxygens (including phenoxy) is 1. The van der Waals surface area contributed by atoms with Crippen LogP contribution in [0.5, 0.6) is 0 Å². The van der Waals surface area contributed by atoms with Crippen molar-refractivity contribution in [3.8, 4) is 0 Å². The molecule has 6 heteroatoms. The number of carboxylic acid groups (broad SMARTS) is 1. The molecule has 0 saturated carbocycles. The maximum absolute atomic E-state index is 12.3. The molecule has 0 aliphatic carbocycles. The van der Waals surface area contributed by atoms with Crippen LogP contribution in [-0.2, 0) is 11.3 Å². The van der Waals surface area contributed by atoms with Crippen molar-refractivity contribution in [2.24, 2.45) is 0 Å². The Balaban J connectivity index is 1.97. The number of hydrogen-bond acceptors (Lipinski definition) is 4. The smallest absolute Gasteiger partial charge is 0.410 e. The van der Waals surface area contributed by atoms with Crippen LogP contribution in [0.15, 0.2) is 24.3 Å². The van der Waals surface area contributed by atoms with E-state index in [1.54, 1.807) is 17.0 Å². The number of nitrogens with zero attached hydrogens (tertiary/aromatic N) is 2. The first-order valence-electron chi connectivity index (χ1n) is 8.74. The van der Waals surface area contributed by atoms with E-state index < -0.39 is 11.6 Å². The summed E-state index contributed by atoms with van der Waals surface area (Å²) in [5.41, 5.74) is 0.890. The van der Waals surface area contributed by atoms with Gasteiger partial charge in [0.15, 0.2) is 0 Å². The lowest BCUT2D eigenvalue weighted by atomic mass is 10.1. The third-order valence-electron chi connectivity index (χ3n) is 4.31. The minimum atomic E-state index is -0.913. The van der Waals surface area contributed by atoms with Gasteiger partial charge in [-0.3, -0.25) is 4.90 Å². The summed E-state index contributed by atoms with van der Waals surface area (Å²) in [6, 6.07) is 7.25. The zero-order chi connectivity index (χ0) is 18.6. The molecule has 0 aromatic heterocycles. The number of benzene rings is 1. The van der Waals surface area contributed by atoms with Crippen LogP contribution in [0, 0.1) is 0 Å². The second kappa shape index (κ2) is 7.87. The second-order valence-electron chi connectivity index (χ2n) is 7.46. The molecule has 0 bridgehead atoms. The lowest BCUT2D eigenvalue weighted by Crippen LogP contribution is -2.54. The molecular weight excluding hydrogens is 320 g/mol. The topological polar surface area (TPSA) is 70.1 Å². The molecule has 138 valence electrons. The van der Waals surface area contributed by atoms with Crippen molar-refractivity contribution in [1.82, 2.24) is 9.80 Å². The average molecular weight is 348 g/mol. The molecule has 2 rings (SSSR count). The Morgan fingerprint density at radius 2 is 1.84 bits per heavy atom. The van der Waals surface area contributed by atoms with Crippen LogP contribution < -0.4 is 0 Å². The SMILES string of the molecule is CCC1CN(C(=O)OC(C)(C)C)CCN1Cc1ccc(C(=O)O)cc1. The summed E-state index contributed by atoms with van der Waals surface area (Å²) in [6.07, 6.45) is 0.684. The summed E-state index contributed by atoms with van der Waals surface area (Å²) >= 11 is 0. The van der Waals surface area contributed by atoms with Crippen molar-refractivity contribution in [3.05, 3.63) is 35.4 Å². The number of aromatic carboxylic acids is 1. The van der Waals surface area contributed by atoms with Gasteiger partial charge >= 0.3 is 12.1 Å². The van der Waals surface area contributed by atoms with E-state index in [1.807, 2.05) is 32.9 Å². The fraction of sp³-hybridized carbons (Fsp3) is 0.579. The first-order chi connectivity index (χ1) is 11.7. The molecule has 1 N–H and O–H groups in total. The van der Waals surface area contributed by atoms with Crippen molar-refractivity contribution in [3.63, 3.8) is 0 Å². The Morgan fingerprint density at radius 3 is 2.36 bits per heavy atom. The van der Waals surface area contributed by atoms with Gasteiger partial charge in [-0.15, -0.1) is 0 Å². The van der Waals surface area contributed by atoms with Crippen molar-refractivity contribution in [2.45, 2.75) is 52.3 Å². The molecule has 1 aliphatic heterocycles. The minimum absolute atomic E-state index is 0.253. The molecule has 0 spiro atoms. The number of carbonyl (C=O) groups is 2. The Bertz CT molecular complexity index is 607. The molecule has 1 fully saturated rings. The summed E-state index contributed by atoms with van der Waals surface area (Å²) in [6.45, 7) is 10.6. The van der Waals surface area contributed by atoms with E-state index in [1.165, 1.54) is 0 Å². The van der Waals surface area contributed by atoms with Crippen molar-refractivity contribution in [1.29, 1.82) is 0 Å². The van der Waals surface area contributed by atoms with E-state index >= 15 is 0 Å². The monoisotopic (exact) mass is 348 g/mol. The first-order valence-corrected chi connectivity index (χ1v) is 8.74. The molecule has 1 amide bonds. The van der Waals surface area contributed by atoms with Crippen molar-refractivity contribution >= 4 is 12.1 Å². The highest BCUT2D eigenvalue weighted by molar-refractivity contribution is 5.87. The molecule has 1 aromatic rings. The normalized spacial score (nSPS) is 18.9. The van der Waals surface area contributed by atoms with Gasteiger partial charge in [0, 0.05) is 32.2 Å². The van der Waals surface area contributed by atoms with Gasteiger partial charge in [0.25, 0.3) is 0 Å². The van der Waals surface area contributed by atoms with Crippen LogP contribution in [0.25, 0.3) is 0 Å². The number of carbonyl (C=O) groups excluding carboxylic acids is 1. The molecule has 1 saturated heterocycles. The fourth-order valence-electron chi connectivity index (χ4n) is 2.97. The largest absolute Gasteiger partial charge is 0.478 e. The average Bonchev–Trinajstić information content (AvgIpc) is 2.54. The van der Waals surface area contributed by atoms with E-state index in [9.17, 15) is 9.59 Å². The van der Waals surface area contributed by atoms with Gasteiger partial charge in [-0.25, -0.2) is 9.59 Å². The Labute approximate surface area is 149 Å². The summed E-state index contributed by atoms with van der Waals surface area (Å²) in [5.74, 6) is -0.913. The molecule has 1 aromatic carbocycles. The molecule has 1 aliphatic rings. The number of piperazine rings is 1. The van der Waals surface area contributed by atoms with Gasteiger partial charge in [0.2, 0.25) is 0 Å². The second-order valence-corrected chi connectivity index (χ2v) is 7.46. The van der Waals surface area contributed by atoms with Crippen molar-refractivity contribution in [2.75, 3.05) is 19.6 Å². The molecule has 1 heterocycles. The number of carboxylic acids is 1. The van der Waals surface area contributed by atoms with Gasteiger partial charge in [-0.05, 0) is 44.9 Å². The van der Waals surface area contributed by atoms with E-state index in [0.717, 1.165) is 25.1 Å². The zero-order valence-electron chi connectivity index (χ0n) is 15.5. The third-order valence-corrected chi connectivity index (χ3v) is 4.31. The van der Waals surface area contributed by atoms with Crippen molar-refractivity contribution < 1.29 is 19.4 Å². The minimum Gasteiger partial charge on any atom is -0.478 e. The predicted molar refractivity (Wildman–Crippen MR) is 95.7 cm³/mol. The zero-order valence-corrected chi connectivity index (χ0v) is 15.5. The van der Waals surface area contributed by atoms with Crippen LogP contribution in [0.2, 0.25) is 0 Å². The lowest BCUT2D eigenvalue weighted by molar-refractivity contribution is 0.00193. The molecule has 1 unspecified atom stereocenters. The standard InChI is InChI=1S/C19H28N2O4/c1-5-16-13-21(18(24)25-19(2,3)4)11-10-20(16)12-14-6-8-15(9-7-14)17(22)23/h6-9,16H,5,10-13H2,1-4H3,(H,22,23). The number of amides is 1. The third kappa shape index (κ3) is 5.46. The Kier molecular flexibility index (Phi) is 6.06. The summed E-state index contributed by atoms with van der Waals surface area (Å²) in [7, 11) is 0. The predicted octanol–water partition coefficient (Wildman–Crippen LogP) is 3.22. The van der Waals surface area contributed by atoms with Gasteiger partial charge < -0.3 is 14.7 Å². The van der Waals surface area contributed by atoms with E-state index in [2.05, 4.69) is 11.8 Å². The highest BCUT2D eigenvalue weighted by Crippen LogP contribution is 2.19. The highest BCUT2D eigenvalue weighted by atomic mass is 16.6. The van der Waals surface area contributed by atoms with E-state index in [0.29, 0.717) is 18.7 Å². The Morgan fingerprint density at radius 1 is 1.20 bits per heavy atom. The molecule has 6 nitrogen and oxygen atoms in total.